The topological polar surface area (TPSA) is 50.4 Å². The summed E-state index contributed by atoms with van der Waals surface area (Å²) in [6, 6.07) is 8.17. The summed E-state index contributed by atoms with van der Waals surface area (Å²) in [4.78, 5) is 10.9. The number of hydrogen-bond acceptors (Lipinski definition) is 3. The highest BCUT2D eigenvalue weighted by Crippen LogP contribution is 2.05. The van der Waals surface area contributed by atoms with Crippen molar-refractivity contribution in [3.8, 4) is 0 Å². The Bertz CT molecular complexity index is 435. The van der Waals surface area contributed by atoms with Crippen LogP contribution in [0.3, 0.4) is 0 Å². The van der Waals surface area contributed by atoms with Crippen molar-refractivity contribution in [3.63, 3.8) is 0 Å². The maximum Gasteiger partial charge on any atom is 0.305 e. The minimum atomic E-state index is -0.194. The predicted molar refractivity (Wildman–Crippen MR) is 79.9 cm³/mol. The molecule has 0 unspecified atom stereocenters. The molecule has 5 heteroatoms. The highest BCUT2D eigenvalue weighted by Gasteiger charge is 2.01. The SMILES string of the molecule is COC(=O)CCCNC(=S)NCc1ccccc1C. The Balaban J connectivity index is 2.18. The normalized spacial score (nSPS) is 9.79. The number of esters is 1. The summed E-state index contributed by atoms with van der Waals surface area (Å²) < 4.78 is 4.56. The first-order valence-corrected chi connectivity index (χ1v) is 6.67. The lowest BCUT2D eigenvalue weighted by Gasteiger charge is -2.11. The summed E-state index contributed by atoms with van der Waals surface area (Å²) in [6.45, 7) is 3.44. The van der Waals surface area contributed by atoms with Crippen molar-refractivity contribution < 1.29 is 9.53 Å². The van der Waals surface area contributed by atoms with E-state index >= 15 is 0 Å². The lowest BCUT2D eigenvalue weighted by Crippen LogP contribution is -2.35. The number of carbonyl (C=O) groups is 1. The van der Waals surface area contributed by atoms with Gasteiger partial charge in [-0.05, 0) is 36.7 Å². The van der Waals surface area contributed by atoms with E-state index in [1.807, 2.05) is 12.1 Å². The smallest absolute Gasteiger partial charge is 0.305 e. The summed E-state index contributed by atoms with van der Waals surface area (Å²) in [7, 11) is 1.39. The Morgan fingerprint density at radius 1 is 1.32 bits per heavy atom. The summed E-state index contributed by atoms with van der Waals surface area (Å²) >= 11 is 5.17. The Morgan fingerprint density at radius 3 is 2.74 bits per heavy atom. The number of carbonyl (C=O) groups excluding carboxylic acids is 1. The number of aryl methyl sites for hydroxylation is 1. The first-order chi connectivity index (χ1) is 9.13. The molecule has 0 aliphatic rings. The Morgan fingerprint density at radius 2 is 2.05 bits per heavy atom. The maximum absolute atomic E-state index is 10.9. The number of hydrogen-bond donors (Lipinski definition) is 2. The second-order valence-electron chi connectivity index (χ2n) is 4.22. The van der Waals surface area contributed by atoms with Gasteiger partial charge in [0.1, 0.15) is 0 Å². The van der Waals surface area contributed by atoms with Gasteiger partial charge in [-0.1, -0.05) is 24.3 Å². The molecule has 0 saturated carbocycles. The van der Waals surface area contributed by atoms with Gasteiger partial charge in [0.15, 0.2) is 5.11 Å². The van der Waals surface area contributed by atoms with Crippen molar-refractivity contribution in [2.75, 3.05) is 13.7 Å². The molecule has 104 valence electrons. The van der Waals surface area contributed by atoms with Crippen LogP contribution in [0.25, 0.3) is 0 Å². The third-order valence-electron chi connectivity index (χ3n) is 2.77. The summed E-state index contributed by atoms with van der Waals surface area (Å²) in [6.07, 6.45) is 1.11. The number of benzene rings is 1. The first kappa shape index (κ1) is 15.4. The molecule has 1 rings (SSSR count). The first-order valence-electron chi connectivity index (χ1n) is 6.26. The van der Waals surface area contributed by atoms with Gasteiger partial charge in [-0.25, -0.2) is 0 Å². The van der Waals surface area contributed by atoms with Crippen LogP contribution in [0.1, 0.15) is 24.0 Å². The zero-order valence-electron chi connectivity index (χ0n) is 11.4. The van der Waals surface area contributed by atoms with Crippen LogP contribution in [-0.2, 0) is 16.1 Å². The van der Waals surface area contributed by atoms with Crippen LogP contribution >= 0.6 is 12.2 Å². The molecule has 0 spiro atoms. The molecule has 0 bridgehead atoms. The lowest BCUT2D eigenvalue weighted by atomic mass is 10.1. The van der Waals surface area contributed by atoms with Crippen molar-refractivity contribution in [3.05, 3.63) is 35.4 Å². The molecule has 0 aliphatic heterocycles. The zero-order valence-corrected chi connectivity index (χ0v) is 12.2. The highest BCUT2D eigenvalue weighted by molar-refractivity contribution is 7.80. The van der Waals surface area contributed by atoms with E-state index in [1.54, 1.807) is 0 Å². The fraction of sp³-hybridized carbons (Fsp3) is 0.429. The van der Waals surface area contributed by atoms with Crippen LogP contribution in [-0.4, -0.2) is 24.7 Å². The van der Waals surface area contributed by atoms with Gasteiger partial charge in [0.25, 0.3) is 0 Å². The molecule has 0 atom stereocenters. The van der Waals surface area contributed by atoms with Gasteiger partial charge in [-0.2, -0.15) is 0 Å². The van der Waals surface area contributed by atoms with Crippen molar-refractivity contribution in [2.24, 2.45) is 0 Å². The van der Waals surface area contributed by atoms with Crippen molar-refractivity contribution in [1.29, 1.82) is 0 Å². The molecule has 0 aliphatic carbocycles. The van der Waals surface area contributed by atoms with E-state index in [9.17, 15) is 4.79 Å². The molecule has 0 aromatic heterocycles. The van der Waals surface area contributed by atoms with Gasteiger partial charge in [-0.3, -0.25) is 4.79 Å². The highest BCUT2D eigenvalue weighted by atomic mass is 32.1. The lowest BCUT2D eigenvalue weighted by molar-refractivity contribution is -0.140. The van der Waals surface area contributed by atoms with E-state index in [-0.39, 0.29) is 5.97 Å². The molecule has 1 aromatic rings. The van der Waals surface area contributed by atoms with Crippen LogP contribution in [0, 0.1) is 6.92 Å². The van der Waals surface area contributed by atoms with Gasteiger partial charge in [0.05, 0.1) is 7.11 Å². The van der Waals surface area contributed by atoms with E-state index in [1.165, 1.54) is 18.2 Å². The summed E-state index contributed by atoms with van der Waals surface area (Å²) in [5.74, 6) is -0.194. The van der Waals surface area contributed by atoms with Crippen LogP contribution in [0.15, 0.2) is 24.3 Å². The van der Waals surface area contributed by atoms with Crippen LogP contribution in [0.4, 0.5) is 0 Å². The standard InChI is InChI=1S/C14H20N2O2S/c1-11-6-3-4-7-12(11)10-16-14(19)15-9-5-8-13(17)18-2/h3-4,6-7H,5,8-10H2,1-2H3,(H2,15,16,19). The monoisotopic (exact) mass is 280 g/mol. The fourth-order valence-electron chi connectivity index (χ4n) is 1.58. The third kappa shape index (κ3) is 6.20. The summed E-state index contributed by atoms with van der Waals surface area (Å²) in [5.41, 5.74) is 2.46. The van der Waals surface area contributed by atoms with E-state index in [2.05, 4.69) is 34.4 Å². The Labute approximate surface area is 119 Å². The Kier molecular flexibility index (Phi) is 6.89. The van der Waals surface area contributed by atoms with Crippen molar-refractivity contribution in [2.45, 2.75) is 26.3 Å². The van der Waals surface area contributed by atoms with Crippen LogP contribution < -0.4 is 10.6 Å². The minimum absolute atomic E-state index is 0.194. The van der Waals surface area contributed by atoms with Crippen molar-refractivity contribution >= 4 is 23.3 Å². The van der Waals surface area contributed by atoms with E-state index in [0.29, 0.717) is 31.0 Å². The molecule has 4 nitrogen and oxygen atoms in total. The number of methoxy groups -OCH3 is 1. The predicted octanol–water partition coefficient (Wildman–Crippen LogP) is 1.91. The molecular weight excluding hydrogens is 260 g/mol. The number of nitrogens with one attached hydrogen (secondary N) is 2. The quantitative estimate of drug-likeness (QED) is 0.473. The molecule has 0 heterocycles. The molecular formula is C14H20N2O2S. The molecule has 2 N–H and O–H groups in total. The van der Waals surface area contributed by atoms with E-state index in [0.717, 1.165) is 0 Å². The van der Waals surface area contributed by atoms with Gasteiger partial charge in [-0.15, -0.1) is 0 Å². The van der Waals surface area contributed by atoms with Gasteiger partial charge >= 0.3 is 5.97 Å². The largest absolute Gasteiger partial charge is 0.469 e. The van der Waals surface area contributed by atoms with Gasteiger partial charge < -0.3 is 15.4 Å². The van der Waals surface area contributed by atoms with E-state index < -0.39 is 0 Å². The number of thiocarbonyl (C=S) groups is 1. The summed E-state index contributed by atoms with van der Waals surface area (Å²) in [5, 5.41) is 6.82. The molecule has 19 heavy (non-hydrogen) atoms. The number of ether oxygens (including phenoxy) is 1. The maximum atomic E-state index is 10.9. The molecule has 0 fully saturated rings. The van der Waals surface area contributed by atoms with Gasteiger partial charge in [0.2, 0.25) is 0 Å². The molecule has 0 amide bonds. The van der Waals surface area contributed by atoms with E-state index in [4.69, 9.17) is 12.2 Å². The molecule has 1 aromatic carbocycles. The third-order valence-corrected chi connectivity index (χ3v) is 3.06. The average Bonchev–Trinajstić information content (AvgIpc) is 2.42. The second kappa shape index (κ2) is 8.48. The molecule has 0 radical (unpaired) electrons. The van der Waals surface area contributed by atoms with Crippen molar-refractivity contribution in [1.82, 2.24) is 10.6 Å². The zero-order chi connectivity index (χ0) is 14.1. The minimum Gasteiger partial charge on any atom is -0.469 e. The van der Waals surface area contributed by atoms with Gasteiger partial charge in [0, 0.05) is 19.5 Å². The fourth-order valence-corrected chi connectivity index (χ4v) is 1.76. The molecule has 0 saturated heterocycles. The average molecular weight is 280 g/mol. The Hall–Kier alpha value is -1.62. The van der Waals surface area contributed by atoms with Crippen LogP contribution in [0.2, 0.25) is 0 Å². The second-order valence-corrected chi connectivity index (χ2v) is 4.62. The number of rotatable bonds is 6. The van der Waals surface area contributed by atoms with Crippen LogP contribution in [0.5, 0.6) is 0 Å².